The zero-order valence-corrected chi connectivity index (χ0v) is 9.21. The zero-order valence-electron chi connectivity index (χ0n) is 7.06. The number of hydrogen-bond acceptors (Lipinski definition) is 4. The largest absolute Gasteiger partial charge is 0.372 e. The molecule has 0 spiro atoms. The van der Waals surface area contributed by atoms with E-state index < -0.39 is 0 Å². The van der Waals surface area contributed by atoms with Crippen LogP contribution < -0.4 is 11.1 Å². The number of nitrogens with zero attached hydrogens (tertiary/aromatic N) is 2. The van der Waals surface area contributed by atoms with E-state index in [1.807, 2.05) is 14.0 Å². The van der Waals surface area contributed by atoms with E-state index in [0.717, 1.165) is 21.5 Å². The first kappa shape index (κ1) is 9.50. The van der Waals surface area contributed by atoms with Crippen molar-refractivity contribution in [2.45, 2.75) is 13.3 Å². The van der Waals surface area contributed by atoms with Gasteiger partial charge in [-0.1, -0.05) is 6.92 Å². The van der Waals surface area contributed by atoms with Crippen LogP contribution >= 0.6 is 22.6 Å². The summed E-state index contributed by atoms with van der Waals surface area (Å²) < 4.78 is 1.05. The van der Waals surface area contributed by atoms with Gasteiger partial charge >= 0.3 is 0 Å². The Morgan fingerprint density at radius 3 is 2.67 bits per heavy atom. The molecule has 0 radical (unpaired) electrons. The van der Waals surface area contributed by atoms with E-state index in [2.05, 4.69) is 37.9 Å². The predicted octanol–water partition coefficient (Wildman–Crippen LogP) is 1.27. The smallest absolute Gasteiger partial charge is 0.222 e. The summed E-state index contributed by atoms with van der Waals surface area (Å²) in [6, 6.07) is 0. The Labute approximate surface area is 85.1 Å². The van der Waals surface area contributed by atoms with Gasteiger partial charge in [-0.15, -0.1) is 0 Å². The van der Waals surface area contributed by atoms with Crippen LogP contribution in [-0.4, -0.2) is 17.0 Å². The van der Waals surface area contributed by atoms with Gasteiger partial charge in [0.25, 0.3) is 0 Å². The van der Waals surface area contributed by atoms with Crippen molar-refractivity contribution in [3.05, 3.63) is 9.26 Å². The molecule has 0 unspecified atom stereocenters. The highest BCUT2D eigenvalue weighted by molar-refractivity contribution is 14.1. The van der Waals surface area contributed by atoms with Crippen LogP contribution in [0.3, 0.4) is 0 Å². The molecule has 0 bridgehead atoms. The number of rotatable bonds is 2. The first-order valence-corrected chi connectivity index (χ1v) is 4.76. The van der Waals surface area contributed by atoms with E-state index >= 15 is 0 Å². The molecule has 3 N–H and O–H groups in total. The van der Waals surface area contributed by atoms with Crippen molar-refractivity contribution in [1.82, 2.24) is 9.97 Å². The number of nitrogens with one attached hydrogen (secondary N) is 1. The molecule has 0 amide bonds. The number of hydrogen-bond donors (Lipinski definition) is 2. The van der Waals surface area contributed by atoms with Crippen LogP contribution in [0.1, 0.15) is 12.6 Å². The SMILES string of the molecule is CCc1nc(N)nc(NC)c1I. The Kier molecular flexibility index (Phi) is 3.07. The Morgan fingerprint density at radius 2 is 2.17 bits per heavy atom. The van der Waals surface area contributed by atoms with E-state index in [-0.39, 0.29) is 0 Å². The fourth-order valence-electron chi connectivity index (χ4n) is 0.913. The minimum absolute atomic E-state index is 0.330. The summed E-state index contributed by atoms with van der Waals surface area (Å²) in [6.07, 6.45) is 0.875. The monoisotopic (exact) mass is 278 g/mol. The number of nitrogen functional groups attached to an aromatic ring is 1. The molecule has 0 saturated heterocycles. The van der Waals surface area contributed by atoms with E-state index in [1.54, 1.807) is 0 Å². The van der Waals surface area contributed by atoms with E-state index in [9.17, 15) is 0 Å². The van der Waals surface area contributed by atoms with E-state index in [1.165, 1.54) is 0 Å². The highest BCUT2D eigenvalue weighted by Crippen LogP contribution is 2.19. The molecule has 0 aliphatic carbocycles. The minimum atomic E-state index is 0.330. The Bertz CT molecular complexity index is 262. The standard InChI is InChI=1S/C7H11IN4/c1-3-4-5(8)6(10-2)12-7(9)11-4/h3H2,1-2H3,(H3,9,10,11,12). The average molecular weight is 278 g/mol. The molecule has 1 rings (SSSR count). The van der Waals surface area contributed by atoms with Crippen molar-refractivity contribution in [3.63, 3.8) is 0 Å². The Morgan fingerprint density at radius 1 is 1.50 bits per heavy atom. The summed E-state index contributed by atoms with van der Waals surface area (Å²) in [5, 5.41) is 2.97. The normalized spacial score (nSPS) is 9.92. The Hall–Kier alpha value is -0.590. The molecule has 5 heteroatoms. The lowest BCUT2D eigenvalue weighted by Crippen LogP contribution is -2.06. The van der Waals surface area contributed by atoms with Crippen LogP contribution in [-0.2, 0) is 6.42 Å². The van der Waals surface area contributed by atoms with E-state index in [0.29, 0.717) is 5.95 Å². The van der Waals surface area contributed by atoms with Crippen molar-refractivity contribution in [2.75, 3.05) is 18.1 Å². The predicted molar refractivity (Wildman–Crippen MR) is 58.1 cm³/mol. The second-order valence-corrected chi connectivity index (χ2v) is 3.37. The maximum absolute atomic E-state index is 5.51. The molecular weight excluding hydrogens is 267 g/mol. The summed E-state index contributed by atoms with van der Waals surface area (Å²) in [4.78, 5) is 8.17. The second-order valence-electron chi connectivity index (χ2n) is 2.29. The van der Waals surface area contributed by atoms with Gasteiger partial charge in [-0.05, 0) is 29.0 Å². The van der Waals surface area contributed by atoms with Gasteiger partial charge in [-0.2, -0.15) is 4.98 Å². The first-order chi connectivity index (χ1) is 5.69. The number of anilines is 2. The third kappa shape index (κ3) is 1.77. The van der Waals surface area contributed by atoms with Crippen molar-refractivity contribution < 1.29 is 0 Å². The molecule has 1 heterocycles. The molecule has 0 fully saturated rings. The third-order valence-corrected chi connectivity index (χ3v) is 2.64. The average Bonchev–Trinajstić information content (AvgIpc) is 2.08. The van der Waals surface area contributed by atoms with Gasteiger partial charge in [0, 0.05) is 7.05 Å². The van der Waals surface area contributed by atoms with Crippen LogP contribution in [0.25, 0.3) is 0 Å². The topological polar surface area (TPSA) is 63.8 Å². The molecule has 0 saturated carbocycles. The first-order valence-electron chi connectivity index (χ1n) is 3.68. The van der Waals surface area contributed by atoms with Crippen LogP contribution in [0.4, 0.5) is 11.8 Å². The highest BCUT2D eigenvalue weighted by atomic mass is 127. The third-order valence-electron chi connectivity index (χ3n) is 1.51. The van der Waals surface area contributed by atoms with Gasteiger partial charge in [0.15, 0.2) is 0 Å². The molecule has 12 heavy (non-hydrogen) atoms. The maximum atomic E-state index is 5.51. The molecule has 4 nitrogen and oxygen atoms in total. The summed E-state index contributed by atoms with van der Waals surface area (Å²) in [6.45, 7) is 2.05. The van der Waals surface area contributed by atoms with Gasteiger partial charge in [0.2, 0.25) is 5.95 Å². The van der Waals surface area contributed by atoms with Crippen LogP contribution in [0, 0.1) is 3.57 Å². The Balaban J connectivity index is 3.22. The van der Waals surface area contributed by atoms with Crippen molar-refractivity contribution in [1.29, 1.82) is 0 Å². The molecule has 0 aliphatic heterocycles. The lowest BCUT2D eigenvalue weighted by atomic mass is 10.3. The second kappa shape index (κ2) is 3.88. The van der Waals surface area contributed by atoms with Crippen molar-refractivity contribution >= 4 is 34.4 Å². The number of halogens is 1. The molecule has 0 aliphatic rings. The maximum Gasteiger partial charge on any atom is 0.222 e. The molecule has 66 valence electrons. The van der Waals surface area contributed by atoms with Gasteiger partial charge in [-0.25, -0.2) is 4.98 Å². The van der Waals surface area contributed by atoms with Gasteiger partial charge in [-0.3, -0.25) is 0 Å². The lowest BCUT2D eigenvalue weighted by molar-refractivity contribution is 0.993. The molecular formula is C7H11IN4. The van der Waals surface area contributed by atoms with Gasteiger partial charge in [0.05, 0.1) is 9.26 Å². The van der Waals surface area contributed by atoms with Gasteiger partial charge < -0.3 is 11.1 Å². The fraction of sp³-hybridized carbons (Fsp3) is 0.429. The van der Waals surface area contributed by atoms with Crippen LogP contribution in [0.5, 0.6) is 0 Å². The summed E-state index contributed by atoms with van der Waals surface area (Å²) in [5.74, 6) is 1.14. The summed E-state index contributed by atoms with van der Waals surface area (Å²) >= 11 is 2.21. The molecule has 1 aromatic heterocycles. The van der Waals surface area contributed by atoms with Crippen LogP contribution in [0.2, 0.25) is 0 Å². The van der Waals surface area contributed by atoms with E-state index in [4.69, 9.17) is 5.73 Å². The highest BCUT2D eigenvalue weighted by Gasteiger charge is 2.07. The zero-order chi connectivity index (χ0) is 9.14. The van der Waals surface area contributed by atoms with Crippen molar-refractivity contribution in [3.8, 4) is 0 Å². The molecule has 1 aromatic rings. The summed E-state index contributed by atoms with van der Waals surface area (Å²) in [7, 11) is 1.82. The quantitative estimate of drug-likeness (QED) is 0.800. The summed E-state index contributed by atoms with van der Waals surface area (Å²) in [5.41, 5.74) is 6.51. The number of aryl methyl sites for hydroxylation is 1. The minimum Gasteiger partial charge on any atom is -0.372 e. The molecule has 0 atom stereocenters. The number of nitrogens with two attached hydrogens (primary N) is 1. The molecule has 0 aromatic carbocycles. The lowest BCUT2D eigenvalue weighted by Gasteiger charge is -2.06. The van der Waals surface area contributed by atoms with Gasteiger partial charge in [0.1, 0.15) is 5.82 Å². The van der Waals surface area contributed by atoms with Crippen molar-refractivity contribution in [2.24, 2.45) is 0 Å². The number of aromatic nitrogens is 2. The fourth-order valence-corrected chi connectivity index (χ4v) is 1.80. The van der Waals surface area contributed by atoms with Crippen LogP contribution in [0.15, 0.2) is 0 Å².